The van der Waals surface area contributed by atoms with Gasteiger partial charge in [-0.05, 0) is 32.6 Å². The van der Waals surface area contributed by atoms with Gasteiger partial charge in [-0.2, -0.15) is 0 Å². The number of aromatic nitrogens is 2. The summed E-state index contributed by atoms with van der Waals surface area (Å²) < 4.78 is 0. The van der Waals surface area contributed by atoms with Crippen molar-refractivity contribution in [2.45, 2.75) is 45.4 Å². The Morgan fingerprint density at radius 2 is 2.40 bits per heavy atom. The minimum atomic E-state index is -0.112. The second kappa shape index (κ2) is 5.61. The topological polar surface area (TPSA) is 54.9 Å². The quantitative estimate of drug-likeness (QED) is 0.943. The van der Waals surface area contributed by atoms with Crippen molar-refractivity contribution in [2.24, 2.45) is 0 Å². The van der Waals surface area contributed by atoms with Gasteiger partial charge in [0.2, 0.25) is 5.91 Å². The molecular formula is C14H17N3OS2. The van der Waals surface area contributed by atoms with Crippen LogP contribution in [0.5, 0.6) is 0 Å². The lowest BCUT2D eigenvalue weighted by atomic mass is 9.90. The Kier molecular flexibility index (Phi) is 3.85. The minimum absolute atomic E-state index is 0.0354. The largest absolute Gasteiger partial charge is 0.301 e. The third-order valence-electron chi connectivity index (χ3n) is 3.67. The van der Waals surface area contributed by atoms with Crippen molar-refractivity contribution in [3.63, 3.8) is 0 Å². The van der Waals surface area contributed by atoms with Crippen molar-refractivity contribution in [3.05, 3.63) is 26.7 Å². The van der Waals surface area contributed by atoms with Crippen molar-refractivity contribution in [2.75, 3.05) is 5.32 Å². The number of fused-ring (bicyclic) bond motifs is 1. The smallest absolute Gasteiger partial charge is 0.235 e. The van der Waals surface area contributed by atoms with E-state index in [4.69, 9.17) is 0 Å². The summed E-state index contributed by atoms with van der Waals surface area (Å²) in [4.78, 5) is 23.8. The van der Waals surface area contributed by atoms with Gasteiger partial charge in [0.25, 0.3) is 0 Å². The number of carbonyl (C=O) groups is 1. The first-order chi connectivity index (χ1) is 9.69. The lowest BCUT2D eigenvalue weighted by Gasteiger charge is -2.19. The summed E-state index contributed by atoms with van der Waals surface area (Å²) in [5, 5.41) is 3.69. The van der Waals surface area contributed by atoms with Crippen LogP contribution in [0.1, 0.15) is 46.8 Å². The molecule has 6 heteroatoms. The fourth-order valence-corrected chi connectivity index (χ4v) is 4.39. The van der Waals surface area contributed by atoms with Crippen LogP contribution in [-0.4, -0.2) is 15.9 Å². The third-order valence-corrected chi connectivity index (χ3v) is 5.51. The number of rotatable bonds is 3. The number of hydrogen-bond acceptors (Lipinski definition) is 5. The zero-order valence-electron chi connectivity index (χ0n) is 11.6. The average Bonchev–Trinajstić information content (AvgIpc) is 3.04. The summed E-state index contributed by atoms with van der Waals surface area (Å²) in [6, 6.07) is 0. The molecule has 0 fully saturated rings. The van der Waals surface area contributed by atoms with E-state index in [-0.39, 0.29) is 11.8 Å². The summed E-state index contributed by atoms with van der Waals surface area (Å²) in [5.41, 5.74) is 3.89. The maximum atomic E-state index is 12.5. The van der Waals surface area contributed by atoms with Gasteiger partial charge in [0.1, 0.15) is 0 Å². The highest BCUT2D eigenvalue weighted by atomic mass is 32.1. The molecule has 1 aliphatic rings. The summed E-state index contributed by atoms with van der Waals surface area (Å²) in [5.74, 6) is -0.0764. The van der Waals surface area contributed by atoms with Crippen LogP contribution >= 0.6 is 22.7 Å². The Morgan fingerprint density at radius 3 is 3.15 bits per heavy atom. The number of thiazole rings is 2. The van der Waals surface area contributed by atoms with Crippen molar-refractivity contribution in [1.82, 2.24) is 9.97 Å². The van der Waals surface area contributed by atoms with Crippen LogP contribution in [0.2, 0.25) is 0 Å². The highest BCUT2D eigenvalue weighted by molar-refractivity contribution is 7.15. The first kappa shape index (κ1) is 13.7. The molecule has 3 rings (SSSR count). The lowest BCUT2D eigenvalue weighted by molar-refractivity contribution is -0.117. The van der Waals surface area contributed by atoms with E-state index in [1.165, 1.54) is 9.75 Å². The molecule has 106 valence electrons. The summed E-state index contributed by atoms with van der Waals surface area (Å²) in [7, 11) is 0. The van der Waals surface area contributed by atoms with Crippen LogP contribution in [0.15, 0.2) is 5.51 Å². The molecule has 4 nitrogen and oxygen atoms in total. The standard InChI is InChI=1S/C14H17N3OS2/c1-3-10-8(2)20-14(16-10)17-13(18)9-5-4-6-11-12(9)15-7-19-11/h7,9H,3-6H2,1-2H3,(H,16,17,18). The fourth-order valence-electron chi connectivity index (χ4n) is 2.61. The first-order valence-corrected chi connectivity index (χ1v) is 8.58. The van der Waals surface area contributed by atoms with E-state index in [0.29, 0.717) is 5.13 Å². The average molecular weight is 307 g/mol. The molecule has 0 saturated heterocycles. The molecule has 0 spiro atoms. The maximum absolute atomic E-state index is 12.5. The Hall–Kier alpha value is -1.27. The molecule has 20 heavy (non-hydrogen) atoms. The van der Waals surface area contributed by atoms with Gasteiger partial charge in [-0.1, -0.05) is 6.92 Å². The van der Waals surface area contributed by atoms with Gasteiger partial charge >= 0.3 is 0 Å². The zero-order chi connectivity index (χ0) is 14.1. The summed E-state index contributed by atoms with van der Waals surface area (Å²) >= 11 is 3.21. The van der Waals surface area contributed by atoms with E-state index < -0.39 is 0 Å². The Labute approximate surface area is 126 Å². The molecule has 2 aromatic heterocycles. The van der Waals surface area contributed by atoms with Crippen LogP contribution < -0.4 is 5.32 Å². The highest BCUT2D eigenvalue weighted by Gasteiger charge is 2.29. The number of amides is 1. The number of aryl methyl sites for hydroxylation is 3. The number of nitrogens with zero attached hydrogens (tertiary/aromatic N) is 2. The molecule has 1 unspecified atom stereocenters. The molecule has 0 saturated carbocycles. The molecule has 2 aromatic rings. The van der Waals surface area contributed by atoms with E-state index in [9.17, 15) is 4.79 Å². The normalized spacial score (nSPS) is 17.8. The molecule has 0 radical (unpaired) electrons. The second-order valence-electron chi connectivity index (χ2n) is 4.97. The van der Waals surface area contributed by atoms with Crippen LogP contribution in [0.4, 0.5) is 5.13 Å². The van der Waals surface area contributed by atoms with E-state index in [2.05, 4.69) is 22.2 Å². The van der Waals surface area contributed by atoms with E-state index in [1.807, 2.05) is 12.4 Å². The second-order valence-corrected chi connectivity index (χ2v) is 7.11. The van der Waals surface area contributed by atoms with Crippen LogP contribution in [0, 0.1) is 6.92 Å². The molecule has 1 aliphatic carbocycles. The Balaban J connectivity index is 1.77. The molecule has 2 heterocycles. The highest BCUT2D eigenvalue weighted by Crippen LogP contribution is 2.34. The van der Waals surface area contributed by atoms with Gasteiger partial charge in [-0.3, -0.25) is 4.79 Å². The van der Waals surface area contributed by atoms with Gasteiger partial charge in [-0.25, -0.2) is 9.97 Å². The van der Waals surface area contributed by atoms with Gasteiger partial charge in [-0.15, -0.1) is 22.7 Å². The number of hydrogen-bond donors (Lipinski definition) is 1. The predicted octanol–water partition coefficient (Wildman–Crippen LogP) is 3.53. The molecule has 1 N–H and O–H groups in total. The SMILES string of the molecule is CCc1nc(NC(=O)C2CCCc3scnc32)sc1C. The van der Waals surface area contributed by atoms with Crippen LogP contribution in [0.3, 0.4) is 0 Å². The van der Waals surface area contributed by atoms with Gasteiger partial charge in [0.05, 0.1) is 22.8 Å². The fraction of sp³-hybridized carbons (Fsp3) is 0.500. The van der Waals surface area contributed by atoms with E-state index in [1.54, 1.807) is 22.7 Å². The minimum Gasteiger partial charge on any atom is -0.301 e. The van der Waals surface area contributed by atoms with Gasteiger partial charge < -0.3 is 5.32 Å². The molecular weight excluding hydrogens is 290 g/mol. The molecule has 1 atom stereocenters. The number of anilines is 1. The van der Waals surface area contributed by atoms with Crippen molar-refractivity contribution < 1.29 is 4.79 Å². The van der Waals surface area contributed by atoms with Crippen LogP contribution in [-0.2, 0) is 17.6 Å². The molecule has 0 aliphatic heterocycles. The zero-order valence-corrected chi connectivity index (χ0v) is 13.2. The molecule has 0 aromatic carbocycles. The van der Waals surface area contributed by atoms with Gasteiger partial charge in [0.15, 0.2) is 5.13 Å². The number of carbonyl (C=O) groups excluding carboxylic acids is 1. The molecule has 0 bridgehead atoms. The third kappa shape index (κ3) is 2.50. The number of nitrogens with one attached hydrogen (secondary N) is 1. The van der Waals surface area contributed by atoms with E-state index >= 15 is 0 Å². The Morgan fingerprint density at radius 1 is 1.55 bits per heavy atom. The maximum Gasteiger partial charge on any atom is 0.235 e. The lowest BCUT2D eigenvalue weighted by Crippen LogP contribution is -2.24. The summed E-state index contributed by atoms with van der Waals surface area (Å²) in [6.45, 7) is 4.13. The molecule has 1 amide bonds. The van der Waals surface area contributed by atoms with Crippen molar-refractivity contribution >= 4 is 33.7 Å². The van der Waals surface area contributed by atoms with E-state index in [0.717, 1.165) is 37.1 Å². The monoisotopic (exact) mass is 307 g/mol. The van der Waals surface area contributed by atoms with Gasteiger partial charge in [0, 0.05) is 9.75 Å². The predicted molar refractivity (Wildman–Crippen MR) is 82.7 cm³/mol. The van der Waals surface area contributed by atoms with Crippen molar-refractivity contribution in [1.29, 1.82) is 0 Å². The Bertz CT molecular complexity index is 632. The van der Waals surface area contributed by atoms with Crippen molar-refractivity contribution in [3.8, 4) is 0 Å². The first-order valence-electron chi connectivity index (χ1n) is 6.88. The summed E-state index contributed by atoms with van der Waals surface area (Å²) in [6.07, 6.45) is 3.90. The van der Waals surface area contributed by atoms with Crippen LogP contribution in [0.25, 0.3) is 0 Å².